The molecule has 0 aliphatic heterocycles. The molecule has 2 aliphatic rings. The second-order valence-corrected chi connectivity index (χ2v) is 11.3. The molecule has 0 radical (unpaired) electrons. The SMILES string of the molecule is CC(C)(C)[C@@H]1C[C@@H]1C(C)(C)C.CC(C)[C@H]1C[C@@H]1C(C)(C)C. The highest BCUT2D eigenvalue weighted by atomic mass is 14.5. The van der Waals surface area contributed by atoms with Crippen molar-refractivity contribution in [2.45, 2.75) is 89.0 Å². The largest absolute Gasteiger partial charge is 0.0625 e. The first-order chi connectivity index (χ1) is 9.15. The summed E-state index contributed by atoms with van der Waals surface area (Å²) in [5.74, 6) is 4.89. The Hall–Kier alpha value is 0. The minimum Gasteiger partial charge on any atom is -0.0625 e. The van der Waals surface area contributed by atoms with Crippen molar-refractivity contribution < 1.29 is 0 Å². The summed E-state index contributed by atoms with van der Waals surface area (Å²) in [4.78, 5) is 0. The molecule has 2 fully saturated rings. The second kappa shape index (κ2) is 5.89. The van der Waals surface area contributed by atoms with Crippen molar-refractivity contribution in [3.63, 3.8) is 0 Å². The molecule has 0 aromatic heterocycles. The highest BCUT2D eigenvalue weighted by Crippen LogP contribution is 2.58. The number of hydrogen-bond donors (Lipinski definition) is 0. The van der Waals surface area contributed by atoms with Crippen LogP contribution in [0.4, 0.5) is 0 Å². The van der Waals surface area contributed by atoms with Crippen LogP contribution in [-0.2, 0) is 0 Å². The first-order valence-electron chi connectivity index (χ1n) is 9.15. The molecule has 0 saturated heterocycles. The zero-order chi connectivity index (χ0) is 16.8. The lowest BCUT2D eigenvalue weighted by atomic mass is 9.81. The van der Waals surface area contributed by atoms with E-state index in [0.717, 1.165) is 29.6 Å². The molecule has 0 N–H and O–H groups in total. The zero-order valence-electron chi connectivity index (χ0n) is 16.8. The average Bonchev–Trinajstić information content (AvgIpc) is 3.08. The van der Waals surface area contributed by atoms with Gasteiger partial charge in [-0.2, -0.15) is 0 Å². The van der Waals surface area contributed by atoms with Crippen molar-refractivity contribution in [1.82, 2.24) is 0 Å². The van der Waals surface area contributed by atoms with E-state index in [4.69, 9.17) is 0 Å². The molecule has 2 aliphatic carbocycles. The van der Waals surface area contributed by atoms with E-state index in [1.54, 1.807) is 0 Å². The summed E-state index contributed by atoms with van der Waals surface area (Å²) in [6.07, 6.45) is 2.92. The standard InChI is InChI=1S/C11H22.C10H20/c1-10(2,3)8-7-9(8)11(4,5)6;1-7(2)8-6-9(8)10(3,4)5/h8-9H,7H2,1-6H3;7-9H,6H2,1-5H3/t2*8-,9+/m.1/s1. The summed E-state index contributed by atoms with van der Waals surface area (Å²) in [7, 11) is 0. The van der Waals surface area contributed by atoms with Crippen molar-refractivity contribution >= 4 is 0 Å². The summed E-state index contributed by atoms with van der Waals surface area (Å²) in [6, 6.07) is 0. The zero-order valence-corrected chi connectivity index (χ0v) is 16.8. The lowest BCUT2D eigenvalue weighted by Gasteiger charge is -2.24. The average molecular weight is 295 g/mol. The van der Waals surface area contributed by atoms with Gasteiger partial charge in [-0.1, -0.05) is 76.2 Å². The van der Waals surface area contributed by atoms with Crippen molar-refractivity contribution in [3.8, 4) is 0 Å². The Morgan fingerprint density at radius 3 is 1.00 bits per heavy atom. The van der Waals surface area contributed by atoms with Crippen LogP contribution in [0.1, 0.15) is 89.0 Å². The molecule has 21 heavy (non-hydrogen) atoms. The quantitative estimate of drug-likeness (QED) is 0.486. The van der Waals surface area contributed by atoms with Gasteiger partial charge in [-0.3, -0.25) is 0 Å². The van der Waals surface area contributed by atoms with Gasteiger partial charge in [0, 0.05) is 0 Å². The summed E-state index contributed by atoms with van der Waals surface area (Å²) < 4.78 is 0. The molecular formula is C21H42. The fraction of sp³-hybridized carbons (Fsp3) is 1.00. The Kier molecular flexibility index (Phi) is 5.35. The van der Waals surface area contributed by atoms with Crippen LogP contribution >= 0.6 is 0 Å². The van der Waals surface area contributed by atoms with Crippen LogP contribution in [-0.4, -0.2) is 0 Å². The predicted molar refractivity (Wildman–Crippen MR) is 96.4 cm³/mol. The van der Waals surface area contributed by atoms with E-state index in [0.29, 0.717) is 16.2 Å². The first kappa shape index (κ1) is 19.0. The lowest BCUT2D eigenvalue weighted by Crippen LogP contribution is -2.16. The minimum absolute atomic E-state index is 0.540. The van der Waals surface area contributed by atoms with Crippen molar-refractivity contribution in [2.24, 2.45) is 45.8 Å². The molecule has 0 amide bonds. The van der Waals surface area contributed by atoms with Crippen LogP contribution in [0.2, 0.25) is 0 Å². The fourth-order valence-electron chi connectivity index (χ4n) is 4.06. The highest BCUT2D eigenvalue weighted by molar-refractivity contribution is 4.99. The molecule has 0 heteroatoms. The Morgan fingerprint density at radius 2 is 0.905 bits per heavy atom. The van der Waals surface area contributed by atoms with Crippen molar-refractivity contribution in [1.29, 1.82) is 0 Å². The van der Waals surface area contributed by atoms with E-state index in [1.807, 2.05) is 0 Å². The Bertz CT molecular complexity index is 311. The minimum atomic E-state index is 0.540. The molecule has 0 bridgehead atoms. The van der Waals surface area contributed by atoms with Gasteiger partial charge in [-0.05, 0) is 58.7 Å². The molecule has 0 unspecified atom stereocenters. The molecular weight excluding hydrogens is 252 g/mol. The van der Waals surface area contributed by atoms with Crippen molar-refractivity contribution in [3.05, 3.63) is 0 Å². The van der Waals surface area contributed by atoms with Gasteiger partial charge in [-0.25, -0.2) is 0 Å². The third-order valence-electron chi connectivity index (χ3n) is 5.82. The fourth-order valence-corrected chi connectivity index (χ4v) is 4.06. The van der Waals surface area contributed by atoms with E-state index in [-0.39, 0.29) is 0 Å². The van der Waals surface area contributed by atoms with Crippen LogP contribution in [0.5, 0.6) is 0 Å². The molecule has 2 saturated carbocycles. The maximum Gasteiger partial charge on any atom is -0.0329 e. The van der Waals surface area contributed by atoms with Crippen LogP contribution in [0.15, 0.2) is 0 Å². The number of hydrogen-bond acceptors (Lipinski definition) is 0. The van der Waals surface area contributed by atoms with Gasteiger partial charge < -0.3 is 0 Å². The van der Waals surface area contributed by atoms with Gasteiger partial charge >= 0.3 is 0 Å². The molecule has 2 rings (SSSR count). The lowest BCUT2D eigenvalue weighted by molar-refractivity contribution is 0.254. The molecule has 0 spiro atoms. The van der Waals surface area contributed by atoms with Gasteiger partial charge in [0.1, 0.15) is 0 Å². The molecule has 4 atom stereocenters. The summed E-state index contributed by atoms with van der Waals surface area (Å²) >= 11 is 0. The highest BCUT2D eigenvalue weighted by Gasteiger charge is 2.50. The van der Waals surface area contributed by atoms with Gasteiger partial charge in [-0.15, -0.1) is 0 Å². The molecule has 0 nitrogen and oxygen atoms in total. The van der Waals surface area contributed by atoms with E-state index in [9.17, 15) is 0 Å². The Morgan fingerprint density at radius 1 is 0.571 bits per heavy atom. The maximum atomic E-state index is 2.36. The van der Waals surface area contributed by atoms with Crippen LogP contribution in [0.3, 0.4) is 0 Å². The van der Waals surface area contributed by atoms with Gasteiger partial charge in [0.15, 0.2) is 0 Å². The monoisotopic (exact) mass is 294 g/mol. The Balaban J connectivity index is 0.000000211. The van der Waals surface area contributed by atoms with Gasteiger partial charge in [0.2, 0.25) is 0 Å². The Labute approximate surface area is 135 Å². The van der Waals surface area contributed by atoms with E-state index >= 15 is 0 Å². The maximum absolute atomic E-state index is 2.36. The third-order valence-corrected chi connectivity index (χ3v) is 5.82. The summed E-state index contributed by atoms with van der Waals surface area (Å²) in [5.41, 5.74) is 1.64. The van der Waals surface area contributed by atoms with E-state index < -0.39 is 0 Å². The normalized spacial score (nSPS) is 32.6. The molecule has 126 valence electrons. The second-order valence-electron chi connectivity index (χ2n) is 11.3. The smallest absolute Gasteiger partial charge is 0.0329 e. The van der Waals surface area contributed by atoms with Crippen LogP contribution in [0, 0.1) is 45.8 Å². The van der Waals surface area contributed by atoms with E-state index in [2.05, 4.69) is 76.2 Å². The van der Waals surface area contributed by atoms with Gasteiger partial charge in [0.05, 0.1) is 0 Å². The third kappa shape index (κ3) is 5.61. The number of rotatable bonds is 1. The summed E-state index contributed by atoms with van der Waals surface area (Å²) in [6.45, 7) is 26.0. The van der Waals surface area contributed by atoms with E-state index in [1.165, 1.54) is 12.8 Å². The first-order valence-corrected chi connectivity index (χ1v) is 9.15. The molecule has 0 aromatic carbocycles. The topological polar surface area (TPSA) is 0 Å². The summed E-state index contributed by atoms with van der Waals surface area (Å²) in [5, 5.41) is 0. The van der Waals surface area contributed by atoms with Gasteiger partial charge in [0.25, 0.3) is 0 Å². The van der Waals surface area contributed by atoms with Crippen LogP contribution < -0.4 is 0 Å². The van der Waals surface area contributed by atoms with Crippen LogP contribution in [0.25, 0.3) is 0 Å². The molecule has 0 heterocycles. The predicted octanol–water partition coefficient (Wildman–Crippen LogP) is 7.04. The molecule has 0 aromatic rings. The van der Waals surface area contributed by atoms with Crippen molar-refractivity contribution in [2.75, 3.05) is 0 Å².